The molecule has 0 saturated carbocycles. The van der Waals surface area contributed by atoms with E-state index in [1.165, 1.54) is 6.07 Å². The van der Waals surface area contributed by atoms with E-state index in [-0.39, 0.29) is 17.4 Å². The molecule has 1 saturated heterocycles. The summed E-state index contributed by atoms with van der Waals surface area (Å²) in [5.41, 5.74) is 0.317. The minimum absolute atomic E-state index is 0.0820. The summed E-state index contributed by atoms with van der Waals surface area (Å²) in [6.45, 7) is 4.40. The van der Waals surface area contributed by atoms with Crippen LogP contribution >= 0.6 is 0 Å². The first-order valence-corrected chi connectivity index (χ1v) is 9.37. The third-order valence-electron chi connectivity index (χ3n) is 4.92. The number of carbonyl (C=O) groups is 1. The summed E-state index contributed by atoms with van der Waals surface area (Å²) in [6, 6.07) is 10.7. The van der Waals surface area contributed by atoms with E-state index in [1.54, 1.807) is 23.9 Å². The van der Waals surface area contributed by atoms with Crippen molar-refractivity contribution < 1.29 is 14.3 Å². The molecular formula is C21H26N2O4. The maximum atomic E-state index is 12.8. The minimum atomic E-state index is -0.140. The number of pyridine rings is 1. The summed E-state index contributed by atoms with van der Waals surface area (Å²) in [7, 11) is 1.63. The van der Waals surface area contributed by atoms with E-state index in [0.29, 0.717) is 31.8 Å². The molecule has 1 aromatic carbocycles. The number of nitrogens with zero attached hydrogens (tertiary/aromatic N) is 2. The molecule has 2 heterocycles. The van der Waals surface area contributed by atoms with Gasteiger partial charge in [-0.05, 0) is 38.0 Å². The predicted octanol–water partition coefficient (Wildman–Crippen LogP) is 2.81. The summed E-state index contributed by atoms with van der Waals surface area (Å²) < 4.78 is 12.7. The summed E-state index contributed by atoms with van der Waals surface area (Å²) in [5, 5.41) is 0. The molecule has 1 aliphatic heterocycles. The molecule has 0 bridgehead atoms. The monoisotopic (exact) mass is 370 g/mol. The molecule has 0 spiro atoms. The van der Waals surface area contributed by atoms with Crippen molar-refractivity contribution in [2.75, 3.05) is 26.8 Å². The van der Waals surface area contributed by atoms with Gasteiger partial charge in [-0.3, -0.25) is 9.59 Å². The maximum absolute atomic E-state index is 12.8. The van der Waals surface area contributed by atoms with Crippen LogP contribution in [-0.4, -0.2) is 42.2 Å². The number of amides is 1. The van der Waals surface area contributed by atoms with Crippen LogP contribution in [0.1, 0.15) is 30.1 Å². The lowest BCUT2D eigenvalue weighted by atomic mass is 9.98. The van der Waals surface area contributed by atoms with Gasteiger partial charge in [0.05, 0.1) is 13.7 Å². The number of rotatable bonds is 6. The first kappa shape index (κ1) is 19.0. The smallest absolute Gasteiger partial charge is 0.254 e. The van der Waals surface area contributed by atoms with Gasteiger partial charge in [-0.1, -0.05) is 6.07 Å². The molecule has 0 radical (unpaired) electrons. The molecule has 6 nitrogen and oxygen atoms in total. The minimum Gasteiger partial charge on any atom is -0.497 e. The zero-order valence-corrected chi connectivity index (χ0v) is 15.9. The third-order valence-corrected chi connectivity index (χ3v) is 4.92. The normalized spacial score (nSPS) is 16.8. The summed E-state index contributed by atoms with van der Waals surface area (Å²) in [5.74, 6) is 1.71. The van der Waals surface area contributed by atoms with Gasteiger partial charge in [-0.15, -0.1) is 0 Å². The van der Waals surface area contributed by atoms with E-state index in [2.05, 4.69) is 0 Å². The van der Waals surface area contributed by atoms with E-state index in [0.717, 1.165) is 24.3 Å². The molecule has 1 unspecified atom stereocenters. The van der Waals surface area contributed by atoms with E-state index >= 15 is 0 Å². The second-order valence-corrected chi connectivity index (χ2v) is 6.79. The number of aromatic nitrogens is 1. The average molecular weight is 370 g/mol. The van der Waals surface area contributed by atoms with Gasteiger partial charge in [-0.25, -0.2) is 0 Å². The van der Waals surface area contributed by atoms with Gasteiger partial charge in [-0.2, -0.15) is 0 Å². The molecule has 1 atom stereocenters. The van der Waals surface area contributed by atoms with Crippen LogP contribution in [0.25, 0.3) is 0 Å². The van der Waals surface area contributed by atoms with Crippen molar-refractivity contribution in [3.63, 3.8) is 0 Å². The summed E-state index contributed by atoms with van der Waals surface area (Å²) in [6.07, 6.45) is 3.64. The number of piperidine rings is 1. The summed E-state index contributed by atoms with van der Waals surface area (Å²) >= 11 is 0. The highest BCUT2D eigenvalue weighted by Crippen LogP contribution is 2.22. The average Bonchev–Trinajstić information content (AvgIpc) is 2.72. The van der Waals surface area contributed by atoms with Crippen LogP contribution in [0.3, 0.4) is 0 Å². The van der Waals surface area contributed by atoms with Crippen molar-refractivity contribution in [1.29, 1.82) is 0 Å². The second-order valence-electron chi connectivity index (χ2n) is 6.79. The Morgan fingerprint density at radius 1 is 1.22 bits per heavy atom. The Balaban J connectivity index is 1.60. The molecule has 1 amide bonds. The number of hydrogen-bond acceptors (Lipinski definition) is 4. The molecule has 27 heavy (non-hydrogen) atoms. The van der Waals surface area contributed by atoms with Gasteiger partial charge in [0.15, 0.2) is 0 Å². The van der Waals surface area contributed by atoms with Crippen LogP contribution < -0.4 is 15.0 Å². The van der Waals surface area contributed by atoms with Gasteiger partial charge < -0.3 is 18.9 Å². The predicted molar refractivity (Wildman–Crippen MR) is 103 cm³/mol. The fourth-order valence-electron chi connectivity index (χ4n) is 3.38. The molecule has 0 N–H and O–H groups in total. The molecule has 1 aromatic heterocycles. The molecular weight excluding hydrogens is 344 g/mol. The topological polar surface area (TPSA) is 60.8 Å². The number of benzene rings is 1. The van der Waals surface area contributed by atoms with Crippen molar-refractivity contribution in [1.82, 2.24) is 9.47 Å². The fraction of sp³-hybridized carbons (Fsp3) is 0.429. The van der Waals surface area contributed by atoms with Crippen molar-refractivity contribution in [2.45, 2.75) is 26.3 Å². The molecule has 0 aliphatic carbocycles. The van der Waals surface area contributed by atoms with Crippen LogP contribution in [0.5, 0.6) is 11.5 Å². The fourth-order valence-corrected chi connectivity index (χ4v) is 3.38. The third kappa shape index (κ3) is 4.70. The van der Waals surface area contributed by atoms with Gasteiger partial charge in [0.1, 0.15) is 11.5 Å². The highest BCUT2D eigenvalue weighted by molar-refractivity contribution is 5.94. The Morgan fingerprint density at radius 2 is 2.04 bits per heavy atom. The lowest BCUT2D eigenvalue weighted by Crippen LogP contribution is -2.42. The van der Waals surface area contributed by atoms with E-state index < -0.39 is 0 Å². The molecule has 1 fully saturated rings. The number of likely N-dealkylation sites (tertiary alicyclic amines) is 1. The highest BCUT2D eigenvalue weighted by Gasteiger charge is 2.25. The number of aryl methyl sites for hydroxylation is 1. The molecule has 1 aliphatic rings. The second kappa shape index (κ2) is 8.75. The van der Waals surface area contributed by atoms with Crippen molar-refractivity contribution in [2.24, 2.45) is 5.92 Å². The standard InChI is InChI=1S/C21H26N2O4/c1-3-22-11-9-17(12-20(22)24)21(25)23-10-5-6-16(14-23)15-27-19-8-4-7-18(13-19)26-2/h4,7-9,11-13,16H,3,5-6,10,14-15H2,1-2H3. The van der Waals surface area contributed by atoms with Crippen LogP contribution in [-0.2, 0) is 6.54 Å². The highest BCUT2D eigenvalue weighted by atomic mass is 16.5. The van der Waals surface area contributed by atoms with Gasteiger partial charge in [0, 0.05) is 49.4 Å². The zero-order chi connectivity index (χ0) is 19.2. The van der Waals surface area contributed by atoms with Gasteiger partial charge in [0.25, 0.3) is 11.5 Å². The van der Waals surface area contributed by atoms with Crippen LogP contribution in [0.2, 0.25) is 0 Å². The van der Waals surface area contributed by atoms with Crippen molar-refractivity contribution >= 4 is 5.91 Å². The maximum Gasteiger partial charge on any atom is 0.254 e. The Kier molecular flexibility index (Phi) is 6.16. The lowest BCUT2D eigenvalue weighted by Gasteiger charge is -2.32. The Hall–Kier alpha value is -2.76. The van der Waals surface area contributed by atoms with Crippen molar-refractivity contribution in [3.8, 4) is 11.5 Å². The molecule has 6 heteroatoms. The van der Waals surface area contributed by atoms with Crippen LogP contribution in [0, 0.1) is 5.92 Å². The number of carbonyl (C=O) groups excluding carboxylic acids is 1. The molecule has 3 rings (SSSR count). The number of ether oxygens (including phenoxy) is 2. The first-order chi connectivity index (χ1) is 13.1. The molecule has 144 valence electrons. The number of hydrogen-bond donors (Lipinski definition) is 0. The Labute approximate surface area is 159 Å². The van der Waals surface area contributed by atoms with Gasteiger partial charge in [0.2, 0.25) is 0 Å². The summed E-state index contributed by atoms with van der Waals surface area (Å²) in [4.78, 5) is 26.6. The first-order valence-electron chi connectivity index (χ1n) is 9.37. The lowest BCUT2D eigenvalue weighted by molar-refractivity contribution is 0.0633. The quantitative estimate of drug-likeness (QED) is 0.785. The molecule has 2 aromatic rings. The van der Waals surface area contributed by atoms with Crippen LogP contribution in [0.4, 0.5) is 0 Å². The zero-order valence-electron chi connectivity index (χ0n) is 15.9. The SMILES string of the molecule is CCn1ccc(C(=O)N2CCCC(COc3cccc(OC)c3)C2)cc1=O. The van der Waals surface area contributed by atoms with Crippen molar-refractivity contribution in [3.05, 3.63) is 58.5 Å². The largest absolute Gasteiger partial charge is 0.497 e. The van der Waals surface area contributed by atoms with E-state index in [4.69, 9.17) is 9.47 Å². The van der Waals surface area contributed by atoms with Crippen LogP contribution in [0.15, 0.2) is 47.4 Å². The Morgan fingerprint density at radius 3 is 2.78 bits per heavy atom. The van der Waals surface area contributed by atoms with Gasteiger partial charge >= 0.3 is 0 Å². The number of methoxy groups -OCH3 is 1. The van der Waals surface area contributed by atoms with E-state index in [1.807, 2.05) is 36.1 Å². The van der Waals surface area contributed by atoms with E-state index in [9.17, 15) is 9.59 Å². The Bertz CT molecular complexity index is 846.